The standard InChI is InChI=1S/C22H17ClFN5O4/c23-13-7-8-14-15(16(13)24)22(33-21(32)25-14)9-4-10-29(11-22)20(31)19-26-18(27-28-19)17(30)12-5-2-1-3-6-12/h1-3,5-8H,4,9-11H2,(H,25,32)(H,26,27,28)/t22-/m0/s1. The number of nitrogens with zero attached hydrogens (tertiary/aromatic N) is 3. The molecule has 168 valence electrons. The molecule has 3 heterocycles. The zero-order valence-electron chi connectivity index (χ0n) is 17.1. The number of carbonyl (C=O) groups excluding carboxylic acids is 3. The summed E-state index contributed by atoms with van der Waals surface area (Å²) in [5, 5.41) is 8.75. The molecular weight excluding hydrogens is 453 g/mol. The predicted octanol–water partition coefficient (Wildman–Crippen LogP) is 3.52. The van der Waals surface area contributed by atoms with Crippen LogP contribution in [0.15, 0.2) is 42.5 Å². The van der Waals surface area contributed by atoms with E-state index in [2.05, 4.69) is 20.5 Å². The fourth-order valence-corrected chi connectivity index (χ4v) is 4.43. The second kappa shape index (κ2) is 7.96. The second-order valence-electron chi connectivity index (χ2n) is 7.83. The molecule has 0 radical (unpaired) electrons. The number of rotatable bonds is 3. The summed E-state index contributed by atoms with van der Waals surface area (Å²) in [6, 6.07) is 11.3. The topological polar surface area (TPSA) is 117 Å². The summed E-state index contributed by atoms with van der Waals surface area (Å²) >= 11 is 5.98. The van der Waals surface area contributed by atoms with Crippen molar-refractivity contribution >= 4 is 35.1 Å². The third-order valence-electron chi connectivity index (χ3n) is 5.74. The van der Waals surface area contributed by atoms with E-state index in [4.69, 9.17) is 16.3 Å². The minimum absolute atomic E-state index is 0.101. The van der Waals surface area contributed by atoms with Gasteiger partial charge < -0.3 is 9.64 Å². The van der Waals surface area contributed by atoms with Crippen LogP contribution in [0, 0.1) is 5.82 Å². The van der Waals surface area contributed by atoms with E-state index in [1.165, 1.54) is 17.0 Å². The molecule has 9 nitrogen and oxygen atoms in total. The average Bonchev–Trinajstić information content (AvgIpc) is 3.31. The van der Waals surface area contributed by atoms with Crippen LogP contribution in [0.4, 0.5) is 14.9 Å². The lowest BCUT2D eigenvalue weighted by molar-refractivity contribution is -0.0420. The van der Waals surface area contributed by atoms with Crippen LogP contribution in [0.25, 0.3) is 0 Å². The molecule has 0 bridgehead atoms. The third-order valence-corrected chi connectivity index (χ3v) is 6.04. The molecule has 5 rings (SSSR count). The first-order valence-corrected chi connectivity index (χ1v) is 10.6. The molecule has 2 aromatic carbocycles. The van der Waals surface area contributed by atoms with Crippen molar-refractivity contribution in [1.82, 2.24) is 20.1 Å². The SMILES string of the molecule is O=C1Nc2ccc(Cl)c(F)c2[C@@]2(CCCN(C(=O)c3nc(C(=O)c4ccccc4)n[nH]3)C2)O1. The van der Waals surface area contributed by atoms with Gasteiger partial charge in [-0.15, -0.1) is 5.10 Å². The molecule has 1 aromatic heterocycles. The number of hydrogen-bond donors (Lipinski definition) is 2. The van der Waals surface area contributed by atoms with Gasteiger partial charge in [0.25, 0.3) is 5.91 Å². The Labute approximate surface area is 191 Å². The molecule has 1 saturated heterocycles. The Morgan fingerprint density at radius 1 is 1.18 bits per heavy atom. The number of likely N-dealkylation sites (tertiary alicyclic amines) is 1. The first-order valence-electron chi connectivity index (χ1n) is 10.2. The zero-order chi connectivity index (χ0) is 23.2. The lowest BCUT2D eigenvalue weighted by atomic mass is 9.83. The van der Waals surface area contributed by atoms with E-state index in [9.17, 15) is 14.4 Å². The number of ether oxygens (including phenoxy) is 1. The van der Waals surface area contributed by atoms with Gasteiger partial charge in [-0.05, 0) is 25.0 Å². The van der Waals surface area contributed by atoms with E-state index in [-0.39, 0.29) is 34.5 Å². The minimum atomic E-state index is -1.40. The van der Waals surface area contributed by atoms with Crippen LogP contribution in [0.3, 0.4) is 0 Å². The predicted molar refractivity (Wildman–Crippen MR) is 115 cm³/mol. The largest absolute Gasteiger partial charge is 0.436 e. The number of piperidine rings is 1. The number of ketones is 1. The number of nitrogens with one attached hydrogen (secondary N) is 2. The van der Waals surface area contributed by atoms with Crippen LogP contribution in [0.2, 0.25) is 5.02 Å². The zero-order valence-corrected chi connectivity index (χ0v) is 17.9. The van der Waals surface area contributed by atoms with E-state index in [1.807, 2.05) is 0 Å². The summed E-state index contributed by atoms with van der Waals surface area (Å²) in [5.74, 6) is -1.98. The summed E-state index contributed by atoms with van der Waals surface area (Å²) in [7, 11) is 0. The number of benzene rings is 2. The first kappa shape index (κ1) is 21.1. The van der Waals surface area contributed by atoms with Crippen molar-refractivity contribution in [2.45, 2.75) is 18.4 Å². The molecule has 2 N–H and O–H groups in total. The van der Waals surface area contributed by atoms with Crippen LogP contribution >= 0.6 is 11.6 Å². The summed E-state index contributed by atoms with van der Waals surface area (Å²) in [6.45, 7) is 0.220. The van der Waals surface area contributed by atoms with Crippen LogP contribution in [0.5, 0.6) is 0 Å². The van der Waals surface area contributed by atoms with Gasteiger partial charge in [-0.25, -0.2) is 9.18 Å². The van der Waals surface area contributed by atoms with E-state index in [0.29, 0.717) is 24.9 Å². The molecule has 1 spiro atoms. The highest BCUT2D eigenvalue weighted by atomic mass is 35.5. The Hall–Kier alpha value is -3.79. The summed E-state index contributed by atoms with van der Waals surface area (Å²) < 4.78 is 20.6. The highest BCUT2D eigenvalue weighted by Gasteiger charge is 2.49. The van der Waals surface area contributed by atoms with Gasteiger partial charge in [-0.1, -0.05) is 41.9 Å². The molecule has 1 atom stereocenters. The Balaban J connectivity index is 1.43. The van der Waals surface area contributed by atoms with Crippen LogP contribution in [-0.4, -0.2) is 51.0 Å². The molecule has 0 aliphatic carbocycles. The molecule has 2 aliphatic rings. The van der Waals surface area contributed by atoms with Crippen molar-refractivity contribution in [2.24, 2.45) is 0 Å². The average molecular weight is 470 g/mol. The second-order valence-corrected chi connectivity index (χ2v) is 8.23. The fraction of sp³-hybridized carbons (Fsp3) is 0.227. The molecule has 11 heteroatoms. The number of amides is 2. The third kappa shape index (κ3) is 3.62. The quantitative estimate of drug-likeness (QED) is 0.567. The molecule has 33 heavy (non-hydrogen) atoms. The van der Waals surface area contributed by atoms with Gasteiger partial charge in [0.2, 0.25) is 17.4 Å². The Kier molecular flexibility index (Phi) is 5.09. The molecule has 3 aromatic rings. The number of hydrogen-bond acceptors (Lipinski definition) is 6. The van der Waals surface area contributed by atoms with E-state index >= 15 is 4.39 Å². The Bertz CT molecular complexity index is 1280. The van der Waals surface area contributed by atoms with Gasteiger partial charge in [0, 0.05) is 12.1 Å². The summed E-state index contributed by atoms with van der Waals surface area (Å²) in [5.41, 5.74) is -0.663. The molecule has 2 aliphatic heterocycles. The number of aromatic nitrogens is 3. The maximum atomic E-state index is 15.0. The van der Waals surface area contributed by atoms with E-state index < -0.39 is 29.2 Å². The lowest BCUT2D eigenvalue weighted by Crippen LogP contribution is -2.53. The number of carbonyl (C=O) groups is 3. The number of halogens is 2. The van der Waals surface area contributed by atoms with Gasteiger partial charge in [0.1, 0.15) is 0 Å². The highest BCUT2D eigenvalue weighted by molar-refractivity contribution is 6.31. The van der Waals surface area contributed by atoms with Gasteiger partial charge in [0.05, 0.1) is 22.8 Å². The molecular formula is C22H17ClFN5O4. The number of H-pyrrole nitrogens is 1. The fourth-order valence-electron chi connectivity index (χ4n) is 4.27. The Morgan fingerprint density at radius 2 is 1.97 bits per heavy atom. The van der Waals surface area contributed by atoms with Crippen molar-refractivity contribution in [1.29, 1.82) is 0 Å². The maximum Gasteiger partial charge on any atom is 0.412 e. The van der Waals surface area contributed by atoms with Crippen molar-refractivity contribution < 1.29 is 23.5 Å². The van der Waals surface area contributed by atoms with Crippen molar-refractivity contribution in [2.75, 3.05) is 18.4 Å². The number of aromatic amines is 1. The van der Waals surface area contributed by atoms with E-state index in [0.717, 1.165) is 0 Å². The number of fused-ring (bicyclic) bond motifs is 2. The Morgan fingerprint density at radius 3 is 2.76 bits per heavy atom. The molecule has 0 unspecified atom stereocenters. The van der Waals surface area contributed by atoms with Gasteiger partial charge >= 0.3 is 6.09 Å². The van der Waals surface area contributed by atoms with Crippen LogP contribution in [0.1, 0.15) is 45.2 Å². The number of anilines is 1. The van der Waals surface area contributed by atoms with Crippen molar-refractivity contribution in [3.05, 3.63) is 76.1 Å². The van der Waals surface area contributed by atoms with Gasteiger partial charge in [-0.3, -0.25) is 20.0 Å². The van der Waals surface area contributed by atoms with Crippen molar-refractivity contribution in [3.63, 3.8) is 0 Å². The van der Waals surface area contributed by atoms with Gasteiger partial charge in [0.15, 0.2) is 11.4 Å². The first-order chi connectivity index (χ1) is 15.9. The monoisotopic (exact) mass is 469 g/mol. The van der Waals surface area contributed by atoms with Gasteiger partial charge in [-0.2, -0.15) is 4.98 Å². The summed E-state index contributed by atoms with van der Waals surface area (Å²) in [6.07, 6.45) is 0.00526. The van der Waals surface area contributed by atoms with E-state index in [1.54, 1.807) is 30.3 Å². The molecule has 0 saturated carbocycles. The maximum absolute atomic E-state index is 15.0. The summed E-state index contributed by atoms with van der Waals surface area (Å²) in [4.78, 5) is 43.4. The minimum Gasteiger partial charge on any atom is -0.436 e. The van der Waals surface area contributed by atoms with Crippen molar-refractivity contribution in [3.8, 4) is 0 Å². The van der Waals surface area contributed by atoms with Crippen LogP contribution < -0.4 is 5.32 Å². The highest BCUT2D eigenvalue weighted by Crippen LogP contribution is 2.45. The lowest BCUT2D eigenvalue weighted by Gasteiger charge is -2.44. The van der Waals surface area contributed by atoms with Crippen LogP contribution in [-0.2, 0) is 10.3 Å². The molecule has 2 amide bonds. The normalized spacial score (nSPS) is 19.6. The smallest absolute Gasteiger partial charge is 0.412 e. The molecule has 1 fully saturated rings.